The Morgan fingerprint density at radius 2 is 1.83 bits per heavy atom. The zero-order valence-electron chi connectivity index (χ0n) is 14.1. The minimum absolute atomic E-state index is 0.245. The summed E-state index contributed by atoms with van der Waals surface area (Å²) in [6.45, 7) is 2.90. The van der Waals surface area contributed by atoms with Gasteiger partial charge in [-0.25, -0.2) is 9.38 Å². The van der Waals surface area contributed by atoms with Crippen molar-refractivity contribution in [3.8, 4) is 11.5 Å². The third-order valence-electron chi connectivity index (χ3n) is 3.36. The second-order valence-electron chi connectivity index (χ2n) is 4.98. The highest BCUT2D eigenvalue weighted by Crippen LogP contribution is 2.29. The fourth-order valence-corrected chi connectivity index (χ4v) is 2.15. The van der Waals surface area contributed by atoms with Crippen molar-refractivity contribution < 1.29 is 13.9 Å². The summed E-state index contributed by atoms with van der Waals surface area (Å²) in [5, 5.41) is 6.31. The number of hydrogen-bond donors (Lipinski definition) is 2. The Balaban J connectivity index is 2.16. The molecule has 0 aliphatic rings. The Kier molecular flexibility index (Phi) is 6.42. The Morgan fingerprint density at radius 1 is 1.08 bits per heavy atom. The highest BCUT2D eigenvalue weighted by molar-refractivity contribution is 5.93. The maximum Gasteiger partial charge on any atom is 0.196 e. The first-order chi connectivity index (χ1) is 11.7. The number of ether oxygens (including phenoxy) is 2. The quantitative estimate of drug-likeness (QED) is 0.629. The van der Waals surface area contributed by atoms with Crippen LogP contribution in [0.25, 0.3) is 0 Å². The summed E-state index contributed by atoms with van der Waals surface area (Å²) in [5.41, 5.74) is 1.34. The number of nitrogens with one attached hydrogen (secondary N) is 2. The van der Waals surface area contributed by atoms with Gasteiger partial charge >= 0.3 is 0 Å². The molecule has 0 aliphatic heterocycles. The van der Waals surface area contributed by atoms with Gasteiger partial charge in [-0.3, -0.25) is 0 Å². The van der Waals surface area contributed by atoms with Crippen molar-refractivity contribution >= 4 is 11.6 Å². The number of rotatable bonds is 6. The molecule has 0 saturated heterocycles. The van der Waals surface area contributed by atoms with Gasteiger partial charge in [0.1, 0.15) is 5.82 Å². The number of guanidine groups is 1. The van der Waals surface area contributed by atoms with Crippen LogP contribution >= 0.6 is 0 Å². The molecule has 24 heavy (non-hydrogen) atoms. The lowest BCUT2D eigenvalue weighted by atomic mass is 10.2. The van der Waals surface area contributed by atoms with Gasteiger partial charge in [-0.05, 0) is 25.1 Å². The molecule has 0 radical (unpaired) electrons. The van der Waals surface area contributed by atoms with E-state index in [9.17, 15) is 4.39 Å². The largest absolute Gasteiger partial charge is 0.493 e. The second kappa shape index (κ2) is 8.76. The Bertz CT molecular complexity index is 704. The van der Waals surface area contributed by atoms with Gasteiger partial charge < -0.3 is 20.1 Å². The predicted molar refractivity (Wildman–Crippen MR) is 94.4 cm³/mol. The Hall–Kier alpha value is -2.76. The van der Waals surface area contributed by atoms with Crippen LogP contribution in [0.4, 0.5) is 10.1 Å². The van der Waals surface area contributed by atoms with Crippen molar-refractivity contribution in [1.82, 2.24) is 5.32 Å². The second-order valence-corrected chi connectivity index (χ2v) is 4.98. The zero-order valence-corrected chi connectivity index (χ0v) is 14.1. The molecule has 2 aromatic rings. The van der Waals surface area contributed by atoms with Gasteiger partial charge in [0.25, 0.3) is 0 Å². The minimum atomic E-state index is -0.261. The predicted octanol–water partition coefficient (Wildman–Crippen LogP) is 3.42. The van der Waals surface area contributed by atoms with Crippen molar-refractivity contribution in [2.24, 2.45) is 4.99 Å². The van der Waals surface area contributed by atoms with Crippen LogP contribution < -0.4 is 20.1 Å². The third kappa shape index (κ3) is 4.62. The molecule has 0 fully saturated rings. The van der Waals surface area contributed by atoms with Crippen LogP contribution in [-0.2, 0) is 6.54 Å². The van der Waals surface area contributed by atoms with Gasteiger partial charge in [0.05, 0.1) is 20.8 Å². The van der Waals surface area contributed by atoms with E-state index in [4.69, 9.17) is 9.47 Å². The molecular formula is C18H22FN3O2. The lowest BCUT2D eigenvalue weighted by molar-refractivity contribution is 0.355. The van der Waals surface area contributed by atoms with Gasteiger partial charge in [-0.1, -0.05) is 18.2 Å². The van der Waals surface area contributed by atoms with Crippen molar-refractivity contribution in [2.45, 2.75) is 13.5 Å². The van der Waals surface area contributed by atoms with Gasteiger partial charge in [-0.15, -0.1) is 0 Å². The van der Waals surface area contributed by atoms with E-state index in [2.05, 4.69) is 15.6 Å². The standard InChI is InChI=1S/C18H22FN3O2/c1-4-20-18(21-12-13-7-5-6-8-15(13)19)22-14-9-10-16(23-2)17(11-14)24-3/h5-11H,4,12H2,1-3H3,(H2,20,21,22). The molecule has 0 unspecified atom stereocenters. The molecule has 0 amide bonds. The molecule has 0 aliphatic carbocycles. The average molecular weight is 331 g/mol. The number of anilines is 1. The van der Waals surface area contributed by atoms with E-state index in [-0.39, 0.29) is 12.4 Å². The first kappa shape index (κ1) is 17.6. The van der Waals surface area contributed by atoms with Gasteiger partial charge in [0.15, 0.2) is 17.5 Å². The van der Waals surface area contributed by atoms with Crippen LogP contribution in [0.15, 0.2) is 47.5 Å². The molecule has 2 N–H and O–H groups in total. The fraction of sp³-hybridized carbons (Fsp3) is 0.278. The minimum Gasteiger partial charge on any atom is -0.493 e. The molecular weight excluding hydrogens is 309 g/mol. The summed E-state index contributed by atoms with van der Waals surface area (Å²) in [4.78, 5) is 4.42. The number of methoxy groups -OCH3 is 2. The van der Waals surface area contributed by atoms with Crippen LogP contribution in [0, 0.1) is 5.82 Å². The van der Waals surface area contributed by atoms with E-state index >= 15 is 0 Å². The van der Waals surface area contributed by atoms with Crippen molar-refractivity contribution in [3.63, 3.8) is 0 Å². The Labute approximate surface area is 141 Å². The number of aliphatic imine (C=N–C) groups is 1. The fourth-order valence-electron chi connectivity index (χ4n) is 2.15. The summed E-state index contributed by atoms with van der Waals surface area (Å²) in [7, 11) is 3.17. The Morgan fingerprint density at radius 3 is 2.50 bits per heavy atom. The van der Waals surface area contributed by atoms with E-state index in [1.165, 1.54) is 6.07 Å². The van der Waals surface area contributed by atoms with Gasteiger partial charge in [-0.2, -0.15) is 0 Å². The van der Waals surface area contributed by atoms with Crippen molar-refractivity contribution in [2.75, 3.05) is 26.1 Å². The monoisotopic (exact) mass is 331 g/mol. The molecule has 0 aromatic heterocycles. The molecule has 0 atom stereocenters. The first-order valence-electron chi connectivity index (χ1n) is 7.68. The molecule has 0 heterocycles. The van der Waals surface area contributed by atoms with E-state index in [0.29, 0.717) is 29.6 Å². The van der Waals surface area contributed by atoms with Crippen LogP contribution in [0.1, 0.15) is 12.5 Å². The normalized spacial score (nSPS) is 11.1. The van der Waals surface area contributed by atoms with E-state index < -0.39 is 0 Å². The summed E-state index contributed by atoms with van der Waals surface area (Å²) >= 11 is 0. The smallest absolute Gasteiger partial charge is 0.196 e. The van der Waals surface area contributed by atoms with Gasteiger partial charge in [0, 0.05) is 23.9 Å². The lowest BCUT2D eigenvalue weighted by Crippen LogP contribution is -2.30. The van der Waals surface area contributed by atoms with E-state index in [1.54, 1.807) is 32.4 Å². The van der Waals surface area contributed by atoms with Crippen LogP contribution in [-0.4, -0.2) is 26.7 Å². The first-order valence-corrected chi connectivity index (χ1v) is 7.68. The van der Waals surface area contributed by atoms with E-state index in [0.717, 1.165) is 5.69 Å². The van der Waals surface area contributed by atoms with E-state index in [1.807, 2.05) is 25.1 Å². The van der Waals surface area contributed by atoms with Crippen molar-refractivity contribution in [3.05, 3.63) is 53.8 Å². The molecule has 0 saturated carbocycles. The summed E-state index contributed by atoms with van der Waals surface area (Å²) in [5.74, 6) is 1.57. The molecule has 5 nitrogen and oxygen atoms in total. The highest BCUT2D eigenvalue weighted by Gasteiger charge is 2.07. The summed E-state index contributed by atoms with van der Waals surface area (Å²) in [6.07, 6.45) is 0. The zero-order chi connectivity index (χ0) is 17.4. The molecule has 0 bridgehead atoms. The molecule has 6 heteroatoms. The molecule has 2 rings (SSSR count). The number of nitrogens with zero attached hydrogens (tertiary/aromatic N) is 1. The van der Waals surface area contributed by atoms with Crippen LogP contribution in [0.2, 0.25) is 0 Å². The summed E-state index contributed by atoms with van der Waals surface area (Å²) in [6, 6.07) is 12.1. The number of benzene rings is 2. The van der Waals surface area contributed by atoms with Crippen molar-refractivity contribution in [1.29, 1.82) is 0 Å². The molecule has 2 aromatic carbocycles. The third-order valence-corrected chi connectivity index (χ3v) is 3.36. The SMILES string of the molecule is CCNC(=NCc1ccccc1F)Nc1ccc(OC)c(OC)c1. The topological polar surface area (TPSA) is 54.9 Å². The maximum absolute atomic E-state index is 13.7. The number of hydrogen-bond acceptors (Lipinski definition) is 3. The average Bonchev–Trinajstić information content (AvgIpc) is 2.61. The highest BCUT2D eigenvalue weighted by atomic mass is 19.1. The van der Waals surface area contributed by atoms with Crippen LogP contribution in [0.5, 0.6) is 11.5 Å². The molecule has 0 spiro atoms. The lowest BCUT2D eigenvalue weighted by Gasteiger charge is -2.14. The van der Waals surface area contributed by atoms with Gasteiger partial charge in [0.2, 0.25) is 0 Å². The summed E-state index contributed by atoms with van der Waals surface area (Å²) < 4.78 is 24.2. The molecule has 128 valence electrons. The van der Waals surface area contributed by atoms with Crippen LogP contribution in [0.3, 0.4) is 0 Å². The maximum atomic E-state index is 13.7. The number of halogens is 1.